The fraction of sp³-hybridized carbons (Fsp3) is 0.333. The Labute approximate surface area is 117 Å². The zero-order valence-electron chi connectivity index (χ0n) is 10.8. The molecule has 0 amide bonds. The van der Waals surface area contributed by atoms with E-state index < -0.39 is 5.76 Å². The highest BCUT2D eigenvalue weighted by atomic mass is 32.1. The predicted molar refractivity (Wildman–Crippen MR) is 71.5 cm³/mol. The first kappa shape index (κ1) is 12.8. The summed E-state index contributed by atoms with van der Waals surface area (Å²) in [6.07, 6.45) is 1.68. The van der Waals surface area contributed by atoms with Crippen molar-refractivity contribution < 1.29 is 8.94 Å². The molecule has 3 aromatic rings. The first-order valence-electron chi connectivity index (χ1n) is 6.19. The third-order valence-electron chi connectivity index (χ3n) is 2.61. The highest BCUT2D eigenvalue weighted by Crippen LogP contribution is 2.21. The average molecular weight is 292 g/mol. The number of thiophene rings is 1. The van der Waals surface area contributed by atoms with Crippen LogP contribution in [0.15, 0.2) is 31.2 Å². The van der Waals surface area contributed by atoms with E-state index in [2.05, 4.69) is 15.2 Å². The van der Waals surface area contributed by atoms with Crippen molar-refractivity contribution in [1.29, 1.82) is 0 Å². The van der Waals surface area contributed by atoms with Gasteiger partial charge >= 0.3 is 5.76 Å². The second-order valence-corrected chi connectivity index (χ2v) is 5.11. The molecule has 0 aliphatic rings. The van der Waals surface area contributed by atoms with E-state index in [-0.39, 0.29) is 6.54 Å². The Bertz CT molecular complexity index is 741. The standard InChI is InChI=1S/C12H12N4O3S/c1-2-4-9-13-10(19-15-9)7-16-12(17)18-11(14-16)8-5-3-6-20-8/h3,5-6H,2,4,7H2,1H3. The van der Waals surface area contributed by atoms with E-state index in [1.165, 1.54) is 16.0 Å². The van der Waals surface area contributed by atoms with Gasteiger partial charge in [-0.15, -0.1) is 16.4 Å². The van der Waals surface area contributed by atoms with Crippen molar-refractivity contribution in [3.05, 3.63) is 39.8 Å². The maximum atomic E-state index is 11.7. The highest BCUT2D eigenvalue weighted by Gasteiger charge is 2.14. The molecule has 0 aromatic carbocycles. The minimum Gasteiger partial charge on any atom is -0.387 e. The summed E-state index contributed by atoms with van der Waals surface area (Å²) >= 11 is 1.46. The van der Waals surface area contributed by atoms with Crippen LogP contribution in [0.2, 0.25) is 0 Å². The average Bonchev–Trinajstić information content (AvgIpc) is 3.13. The number of hydrogen-bond acceptors (Lipinski definition) is 7. The Hall–Kier alpha value is -2.22. The Morgan fingerprint density at radius 3 is 3.10 bits per heavy atom. The first-order valence-corrected chi connectivity index (χ1v) is 7.07. The highest BCUT2D eigenvalue weighted by molar-refractivity contribution is 7.13. The van der Waals surface area contributed by atoms with E-state index in [0.717, 1.165) is 17.7 Å². The Morgan fingerprint density at radius 1 is 1.45 bits per heavy atom. The quantitative estimate of drug-likeness (QED) is 0.714. The summed E-state index contributed by atoms with van der Waals surface area (Å²) < 4.78 is 11.4. The Balaban J connectivity index is 1.82. The van der Waals surface area contributed by atoms with Crippen LogP contribution in [0.5, 0.6) is 0 Å². The van der Waals surface area contributed by atoms with Crippen LogP contribution in [0.3, 0.4) is 0 Å². The normalized spacial score (nSPS) is 11.1. The van der Waals surface area contributed by atoms with Crippen LogP contribution in [0.25, 0.3) is 10.8 Å². The largest absolute Gasteiger partial charge is 0.437 e. The molecule has 3 rings (SSSR count). The minimum atomic E-state index is -0.538. The van der Waals surface area contributed by atoms with Gasteiger partial charge in [-0.2, -0.15) is 9.67 Å². The molecule has 0 spiro atoms. The lowest BCUT2D eigenvalue weighted by Gasteiger charge is -1.90. The molecule has 0 saturated carbocycles. The molecule has 8 heteroatoms. The van der Waals surface area contributed by atoms with Gasteiger partial charge in [-0.25, -0.2) is 4.79 Å². The zero-order chi connectivity index (χ0) is 13.9. The van der Waals surface area contributed by atoms with Crippen LogP contribution in [-0.4, -0.2) is 19.9 Å². The number of aryl methyl sites for hydroxylation is 1. The van der Waals surface area contributed by atoms with Gasteiger partial charge in [0.2, 0.25) is 5.89 Å². The van der Waals surface area contributed by atoms with Crippen molar-refractivity contribution in [2.24, 2.45) is 0 Å². The second kappa shape index (κ2) is 5.41. The molecule has 0 aliphatic carbocycles. The fourth-order valence-electron chi connectivity index (χ4n) is 1.71. The lowest BCUT2D eigenvalue weighted by atomic mass is 10.3. The van der Waals surface area contributed by atoms with Crippen molar-refractivity contribution in [3.63, 3.8) is 0 Å². The van der Waals surface area contributed by atoms with Gasteiger partial charge in [0.1, 0.15) is 6.54 Å². The summed E-state index contributed by atoms with van der Waals surface area (Å²) in [7, 11) is 0. The van der Waals surface area contributed by atoms with Gasteiger partial charge in [-0.1, -0.05) is 18.1 Å². The number of hydrogen-bond donors (Lipinski definition) is 0. The third-order valence-corrected chi connectivity index (χ3v) is 3.46. The molecular formula is C12H12N4O3S. The van der Waals surface area contributed by atoms with Gasteiger partial charge in [0, 0.05) is 6.42 Å². The number of nitrogens with zero attached hydrogens (tertiary/aromatic N) is 4. The molecule has 7 nitrogen and oxygen atoms in total. The summed E-state index contributed by atoms with van der Waals surface area (Å²) in [5, 5.41) is 9.85. The molecule has 20 heavy (non-hydrogen) atoms. The third kappa shape index (κ3) is 2.55. The molecule has 3 aromatic heterocycles. The molecular weight excluding hydrogens is 280 g/mol. The van der Waals surface area contributed by atoms with Crippen molar-refractivity contribution in [3.8, 4) is 10.8 Å². The van der Waals surface area contributed by atoms with E-state index in [1.54, 1.807) is 0 Å². The molecule has 0 aliphatic heterocycles. The zero-order valence-corrected chi connectivity index (χ0v) is 11.6. The van der Waals surface area contributed by atoms with Gasteiger partial charge in [-0.05, 0) is 17.9 Å². The summed E-state index contributed by atoms with van der Waals surface area (Å²) in [4.78, 5) is 16.7. The van der Waals surface area contributed by atoms with Crippen LogP contribution in [0, 0.1) is 0 Å². The maximum absolute atomic E-state index is 11.7. The van der Waals surface area contributed by atoms with E-state index in [1.807, 2.05) is 24.4 Å². The molecule has 104 valence electrons. The SMILES string of the molecule is CCCc1noc(Cn2nc(-c3cccs3)oc2=O)n1. The lowest BCUT2D eigenvalue weighted by molar-refractivity contribution is 0.355. The van der Waals surface area contributed by atoms with E-state index in [4.69, 9.17) is 8.94 Å². The smallest absolute Gasteiger partial charge is 0.387 e. The van der Waals surface area contributed by atoms with E-state index in [0.29, 0.717) is 17.6 Å². The van der Waals surface area contributed by atoms with Crippen LogP contribution in [-0.2, 0) is 13.0 Å². The topological polar surface area (TPSA) is 87.0 Å². The monoisotopic (exact) mass is 292 g/mol. The lowest BCUT2D eigenvalue weighted by Crippen LogP contribution is -2.16. The minimum absolute atomic E-state index is 0.115. The van der Waals surface area contributed by atoms with Gasteiger partial charge in [-0.3, -0.25) is 0 Å². The molecule has 0 atom stereocenters. The molecule has 0 unspecified atom stereocenters. The van der Waals surface area contributed by atoms with Gasteiger partial charge < -0.3 is 8.94 Å². The maximum Gasteiger partial charge on any atom is 0.437 e. The molecule has 0 radical (unpaired) electrons. The van der Waals surface area contributed by atoms with Crippen molar-refractivity contribution in [2.75, 3.05) is 0 Å². The molecule has 0 fully saturated rings. The van der Waals surface area contributed by atoms with Crippen LogP contribution in [0.1, 0.15) is 25.1 Å². The number of aromatic nitrogens is 4. The molecule has 3 heterocycles. The van der Waals surface area contributed by atoms with E-state index in [9.17, 15) is 4.79 Å². The summed E-state index contributed by atoms with van der Waals surface area (Å²) in [6.45, 7) is 2.15. The predicted octanol–water partition coefficient (Wildman–Crippen LogP) is 1.95. The second-order valence-electron chi connectivity index (χ2n) is 4.16. The fourth-order valence-corrected chi connectivity index (χ4v) is 2.36. The van der Waals surface area contributed by atoms with Gasteiger partial charge in [0.15, 0.2) is 5.82 Å². The summed E-state index contributed by atoms with van der Waals surface area (Å²) in [5.74, 6) is 0.751. The number of rotatable bonds is 5. The molecule has 0 bridgehead atoms. The van der Waals surface area contributed by atoms with E-state index >= 15 is 0 Å². The van der Waals surface area contributed by atoms with Crippen LogP contribution in [0.4, 0.5) is 0 Å². The van der Waals surface area contributed by atoms with Gasteiger partial charge in [0.05, 0.1) is 4.88 Å². The molecule has 0 N–H and O–H groups in total. The van der Waals surface area contributed by atoms with Crippen LogP contribution < -0.4 is 5.76 Å². The summed E-state index contributed by atoms with van der Waals surface area (Å²) in [5.41, 5.74) is 0. The van der Waals surface area contributed by atoms with Crippen LogP contribution >= 0.6 is 11.3 Å². The Morgan fingerprint density at radius 2 is 2.35 bits per heavy atom. The first-order chi connectivity index (χ1) is 9.76. The van der Waals surface area contributed by atoms with Gasteiger partial charge in [0.25, 0.3) is 5.89 Å². The van der Waals surface area contributed by atoms with Crippen molar-refractivity contribution >= 4 is 11.3 Å². The van der Waals surface area contributed by atoms with Crippen molar-refractivity contribution in [2.45, 2.75) is 26.3 Å². The summed E-state index contributed by atoms with van der Waals surface area (Å²) in [6, 6.07) is 3.71. The molecule has 0 saturated heterocycles. The van der Waals surface area contributed by atoms with Crippen molar-refractivity contribution in [1.82, 2.24) is 19.9 Å². The Kier molecular flexibility index (Phi) is 3.46.